The molecule has 2 heterocycles. The molecule has 70 valence electrons. The number of nitrogens with one attached hydrogen (secondary N) is 1. The highest BCUT2D eigenvalue weighted by atomic mass is 15.1. The molecule has 1 saturated heterocycles. The van der Waals surface area contributed by atoms with E-state index in [0.717, 1.165) is 12.2 Å². The van der Waals surface area contributed by atoms with Crippen molar-refractivity contribution in [2.45, 2.75) is 12.8 Å². The molecule has 1 N–H and O–H groups in total. The highest BCUT2D eigenvalue weighted by Gasteiger charge is 2.09. The van der Waals surface area contributed by atoms with Crippen molar-refractivity contribution in [1.29, 1.82) is 0 Å². The lowest BCUT2D eigenvalue weighted by Gasteiger charge is -2.24. The van der Waals surface area contributed by atoms with Crippen molar-refractivity contribution in [1.82, 2.24) is 14.9 Å². The van der Waals surface area contributed by atoms with Crippen LogP contribution in [0.5, 0.6) is 0 Å². The molecule has 0 spiro atoms. The van der Waals surface area contributed by atoms with E-state index in [4.69, 9.17) is 0 Å². The molecule has 0 amide bonds. The Morgan fingerprint density at radius 3 is 3.23 bits per heavy atom. The van der Waals surface area contributed by atoms with Gasteiger partial charge in [0, 0.05) is 6.54 Å². The molecule has 0 aliphatic carbocycles. The lowest BCUT2D eigenvalue weighted by atomic mass is 10.0. The van der Waals surface area contributed by atoms with Crippen LogP contribution >= 0.6 is 0 Å². The van der Waals surface area contributed by atoms with Crippen LogP contribution in [0.25, 0.3) is 6.08 Å². The summed E-state index contributed by atoms with van der Waals surface area (Å²) in [6, 6.07) is 0. The maximum absolute atomic E-state index is 3.99. The second kappa shape index (κ2) is 3.75. The molecular formula is C10H15N3. The summed E-state index contributed by atoms with van der Waals surface area (Å²) in [6.45, 7) is 2.32. The minimum atomic E-state index is 1.10. The van der Waals surface area contributed by atoms with Gasteiger partial charge in [0.15, 0.2) is 0 Å². The Kier molecular flexibility index (Phi) is 2.45. The second-order valence-corrected chi connectivity index (χ2v) is 3.65. The van der Waals surface area contributed by atoms with Crippen molar-refractivity contribution < 1.29 is 0 Å². The molecule has 1 fully saturated rings. The van der Waals surface area contributed by atoms with Gasteiger partial charge in [-0.2, -0.15) is 0 Å². The summed E-state index contributed by atoms with van der Waals surface area (Å²) in [5.74, 6) is 0. The second-order valence-electron chi connectivity index (χ2n) is 3.65. The van der Waals surface area contributed by atoms with Crippen molar-refractivity contribution in [2.24, 2.45) is 0 Å². The van der Waals surface area contributed by atoms with Gasteiger partial charge in [-0.15, -0.1) is 0 Å². The first-order valence-electron chi connectivity index (χ1n) is 4.71. The third-order valence-corrected chi connectivity index (χ3v) is 2.39. The van der Waals surface area contributed by atoms with E-state index in [0.29, 0.717) is 0 Å². The number of piperidine rings is 1. The van der Waals surface area contributed by atoms with Gasteiger partial charge in [-0.05, 0) is 32.5 Å². The molecule has 1 aliphatic heterocycles. The van der Waals surface area contributed by atoms with Gasteiger partial charge < -0.3 is 9.88 Å². The molecule has 2 rings (SSSR count). The number of H-pyrrole nitrogens is 1. The highest BCUT2D eigenvalue weighted by molar-refractivity contribution is 5.48. The predicted octanol–water partition coefficient (Wildman–Crippen LogP) is 1.52. The minimum absolute atomic E-state index is 1.10. The zero-order valence-electron chi connectivity index (χ0n) is 7.95. The zero-order chi connectivity index (χ0) is 9.10. The third-order valence-electron chi connectivity index (χ3n) is 2.39. The number of likely N-dealkylation sites (N-methyl/N-ethyl adjacent to an activating group) is 1. The van der Waals surface area contributed by atoms with Crippen molar-refractivity contribution in [3.05, 3.63) is 23.8 Å². The van der Waals surface area contributed by atoms with E-state index in [9.17, 15) is 0 Å². The average molecular weight is 177 g/mol. The van der Waals surface area contributed by atoms with E-state index in [1.165, 1.54) is 25.0 Å². The Hall–Kier alpha value is -1.09. The van der Waals surface area contributed by atoms with Crippen LogP contribution in [-0.4, -0.2) is 35.0 Å². The number of aromatic amines is 1. The van der Waals surface area contributed by atoms with Gasteiger partial charge in [0.1, 0.15) is 0 Å². The zero-order valence-corrected chi connectivity index (χ0v) is 7.95. The fourth-order valence-corrected chi connectivity index (χ4v) is 1.76. The number of imidazole rings is 1. The number of rotatable bonds is 1. The summed E-state index contributed by atoms with van der Waals surface area (Å²) in [5.41, 5.74) is 2.61. The standard InChI is InChI=1S/C10H15N3/c1-13-4-2-3-9(7-13)5-10-6-11-8-12-10/h5-6,8H,2-4,7H2,1H3,(H,11,12)/b9-5+. The molecule has 3 nitrogen and oxygen atoms in total. The van der Waals surface area contributed by atoms with Crippen LogP contribution in [0.3, 0.4) is 0 Å². The maximum atomic E-state index is 3.99. The Balaban J connectivity index is 2.07. The number of likely N-dealkylation sites (tertiary alicyclic amines) is 1. The molecule has 0 unspecified atom stereocenters. The van der Waals surface area contributed by atoms with E-state index in [-0.39, 0.29) is 0 Å². The monoisotopic (exact) mass is 177 g/mol. The number of hydrogen-bond acceptors (Lipinski definition) is 2. The smallest absolute Gasteiger partial charge is 0.0924 e. The summed E-state index contributed by atoms with van der Waals surface area (Å²) in [7, 11) is 2.17. The lowest BCUT2D eigenvalue weighted by Crippen LogP contribution is -2.26. The average Bonchev–Trinajstić information content (AvgIpc) is 2.57. The van der Waals surface area contributed by atoms with Crippen LogP contribution in [0, 0.1) is 0 Å². The van der Waals surface area contributed by atoms with Gasteiger partial charge in [-0.3, -0.25) is 0 Å². The summed E-state index contributed by atoms with van der Waals surface area (Å²) in [4.78, 5) is 9.44. The molecule has 1 aromatic heterocycles. The predicted molar refractivity (Wildman–Crippen MR) is 53.3 cm³/mol. The summed E-state index contributed by atoms with van der Waals surface area (Å²) in [5, 5.41) is 0. The van der Waals surface area contributed by atoms with Crippen LogP contribution in [0.15, 0.2) is 18.1 Å². The van der Waals surface area contributed by atoms with Crippen LogP contribution < -0.4 is 0 Å². The summed E-state index contributed by atoms with van der Waals surface area (Å²) in [6.07, 6.45) is 8.29. The molecule has 1 aliphatic rings. The highest BCUT2D eigenvalue weighted by Crippen LogP contribution is 2.16. The van der Waals surface area contributed by atoms with E-state index >= 15 is 0 Å². The van der Waals surface area contributed by atoms with E-state index < -0.39 is 0 Å². The maximum Gasteiger partial charge on any atom is 0.0924 e. The summed E-state index contributed by atoms with van der Waals surface area (Å²) < 4.78 is 0. The van der Waals surface area contributed by atoms with Crippen LogP contribution in [-0.2, 0) is 0 Å². The first kappa shape index (κ1) is 8.51. The van der Waals surface area contributed by atoms with Gasteiger partial charge >= 0.3 is 0 Å². The van der Waals surface area contributed by atoms with E-state index in [1.54, 1.807) is 6.33 Å². The lowest BCUT2D eigenvalue weighted by molar-refractivity contribution is 0.324. The van der Waals surface area contributed by atoms with Crippen LogP contribution in [0.2, 0.25) is 0 Å². The number of nitrogens with zero attached hydrogens (tertiary/aromatic N) is 2. The number of hydrogen-bond donors (Lipinski definition) is 1. The van der Waals surface area contributed by atoms with Crippen molar-refractivity contribution in [3.63, 3.8) is 0 Å². The number of aromatic nitrogens is 2. The molecular weight excluding hydrogens is 162 g/mol. The Bertz CT molecular complexity index is 287. The van der Waals surface area contributed by atoms with Crippen molar-refractivity contribution in [2.75, 3.05) is 20.1 Å². The molecule has 0 radical (unpaired) electrons. The van der Waals surface area contributed by atoms with Crippen molar-refractivity contribution >= 4 is 6.08 Å². The fourth-order valence-electron chi connectivity index (χ4n) is 1.76. The fraction of sp³-hybridized carbons (Fsp3) is 0.500. The van der Waals surface area contributed by atoms with E-state index in [2.05, 4.69) is 28.0 Å². The topological polar surface area (TPSA) is 31.9 Å². The van der Waals surface area contributed by atoms with Crippen LogP contribution in [0.1, 0.15) is 18.5 Å². The largest absolute Gasteiger partial charge is 0.345 e. The molecule has 3 heteroatoms. The van der Waals surface area contributed by atoms with Gasteiger partial charge in [0.2, 0.25) is 0 Å². The van der Waals surface area contributed by atoms with Crippen molar-refractivity contribution in [3.8, 4) is 0 Å². The van der Waals surface area contributed by atoms with Gasteiger partial charge in [-0.25, -0.2) is 4.98 Å². The first-order chi connectivity index (χ1) is 6.34. The molecule has 1 aromatic rings. The summed E-state index contributed by atoms with van der Waals surface area (Å²) >= 11 is 0. The van der Waals surface area contributed by atoms with E-state index in [1.807, 2.05) is 6.20 Å². The van der Waals surface area contributed by atoms with Gasteiger partial charge in [-0.1, -0.05) is 5.57 Å². The molecule has 0 atom stereocenters. The van der Waals surface area contributed by atoms with Crippen LogP contribution in [0.4, 0.5) is 0 Å². The molecule has 13 heavy (non-hydrogen) atoms. The normalized spacial score (nSPS) is 22.4. The Labute approximate surface area is 78.5 Å². The SMILES string of the molecule is CN1CCC/C(=C\c2cnc[nH]2)C1. The minimum Gasteiger partial charge on any atom is -0.345 e. The Morgan fingerprint density at radius 2 is 2.54 bits per heavy atom. The Morgan fingerprint density at radius 1 is 1.62 bits per heavy atom. The first-order valence-corrected chi connectivity index (χ1v) is 4.71. The van der Waals surface area contributed by atoms with Gasteiger partial charge in [0.05, 0.1) is 18.2 Å². The molecule has 0 bridgehead atoms. The third kappa shape index (κ3) is 2.18. The van der Waals surface area contributed by atoms with Gasteiger partial charge in [0.25, 0.3) is 0 Å². The quantitative estimate of drug-likeness (QED) is 0.705. The molecule has 0 aromatic carbocycles. The molecule has 0 saturated carbocycles.